The minimum atomic E-state index is -0.997. The van der Waals surface area contributed by atoms with Crippen molar-refractivity contribution >= 4 is 58.3 Å². The Bertz CT molecular complexity index is 1470. The summed E-state index contributed by atoms with van der Waals surface area (Å²) in [5.41, 5.74) is 1.66. The zero-order valence-corrected chi connectivity index (χ0v) is 22.2. The van der Waals surface area contributed by atoms with Crippen LogP contribution in [0.2, 0.25) is 20.1 Å². The molecule has 190 valence electrons. The van der Waals surface area contributed by atoms with Crippen molar-refractivity contribution < 1.29 is 24.1 Å². The summed E-state index contributed by atoms with van der Waals surface area (Å²) in [6.45, 7) is 1.87. The van der Waals surface area contributed by atoms with Crippen LogP contribution in [0.1, 0.15) is 22.8 Å². The van der Waals surface area contributed by atoms with Crippen LogP contribution in [0.25, 0.3) is 22.6 Å². The maximum Gasteiger partial charge on any atom is 0.307 e. The predicted molar refractivity (Wildman–Crippen MR) is 143 cm³/mol. The Morgan fingerprint density at radius 2 is 1.65 bits per heavy atom. The number of hydrogen-bond acceptors (Lipinski definition) is 5. The normalized spacial score (nSPS) is 10.8. The molecule has 3 aromatic carbocycles. The molecule has 0 unspecified atom stereocenters. The predicted octanol–water partition coefficient (Wildman–Crippen LogP) is 7.71. The molecule has 1 N–H and O–H groups in total. The van der Waals surface area contributed by atoms with Gasteiger partial charge in [0.15, 0.2) is 11.5 Å². The van der Waals surface area contributed by atoms with E-state index in [1.165, 1.54) is 12.1 Å². The molecular formula is C26H18Cl4N2O5. The van der Waals surface area contributed by atoms with Crippen molar-refractivity contribution in [3.8, 4) is 28.3 Å². The van der Waals surface area contributed by atoms with Crippen LogP contribution in [-0.4, -0.2) is 33.7 Å². The molecule has 4 rings (SSSR count). The van der Waals surface area contributed by atoms with Gasteiger partial charge in [0.2, 0.25) is 0 Å². The first kappa shape index (κ1) is 26.8. The first-order valence-electron chi connectivity index (χ1n) is 10.9. The minimum Gasteiger partial charge on any atom is -0.481 e. The van der Waals surface area contributed by atoms with Crippen LogP contribution < -0.4 is 4.84 Å². The number of carboxylic acids is 1. The van der Waals surface area contributed by atoms with Crippen molar-refractivity contribution in [3.63, 3.8) is 0 Å². The topological polar surface area (TPSA) is 92.9 Å². The van der Waals surface area contributed by atoms with E-state index in [0.717, 1.165) is 5.06 Å². The molecule has 37 heavy (non-hydrogen) atoms. The smallest absolute Gasteiger partial charge is 0.307 e. The van der Waals surface area contributed by atoms with Crippen LogP contribution in [0.15, 0.2) is 65.2 Å². The number of aliphatic carboxylic acids is 1. The molecule has 0 bridgehead atoms. The van der Waals surface area contributed by atoms with Gasteiger partial charge in [-0.25, -0.2) is 0 Å². The first-order valence-corrected chi connectivity index (χ1v) is 12.4. The monoisotopic (exact) mass is 578 g/mol. The molecule has 0 aliphatic heterocycles. The Labute approximate surface area is 232 Å². The molecule has 7 nitrogen and oxygen atoms in total. The molecule has 0 atom stereocenters. The maximum absolute atomic E-state index is 13.9. The second kappa shape index (κ2) is 11.4. The van der Waals surface area contributed by atoms with Crippen LogP contribution in [-0.2, 0) is 11.2 Å². The van der Waals surface area contributed by atoms with Gasteiger partial charge in [0.25, 0.3) is 5.91 Å². The number of halogens is 4. The van der Waals surface area contributed by atoms with E-state index in [1.807, 2.05) is 0 Å². The second-order valence-electron chi connectivity index (χ2n) is 7.79. The molecule has 0 fully saturated rings. The van der Waals surface area contributed by atoms with Gasteiger partial charge in [0.1, 0.15) is 11.3 Å². The zero-order chi connectivity index (χ0) is 26.7. The van der Waals surface area contributed by atoms with Crippen molar-refractivity contribution in [3.05, 3.63) is 91.9 Å². The fourth-order valence-corrected chi connectivity index (χ4v) is 4.41. The van der Waals surface area contributed by atoms with Crippen LogP contribution in [0, 0.1) is 0 Å². The molecule has 4 aromatic rings. The van der Waals surface area contributed by atoms with Crippen molar-refractivity contribution in [2.45, 2.75) is 13.3 Å². The fraction of sp³-hybridized carbons (Fsp3) is 0.115. The molecule has 0 saturated heterocycles. The summed E-state index contributed by atoms with van der Waals surface area (Å²) in [7, 11) is 0. The van der Waals surface area contributed by atoms with Gasteiger partial charge in [-0.1, -0.05) is 63.7 Å². The Balaban J connectivity index is 1.82. The number of amides is 1. The zero-order valence-electron chi connectivity index (χ0n) is 19.2. The van der Waals surface area contributed by atoms with E-state index >= 15 is 0 Å². The largest absolute Gasteiger partial charge is 0.481 e. The van der Waals surface area contributed by atoms with E-state index < -0.39 is 11.9 Å². The lowest BCUT2D eigenvalue weighted by Crippen LogP contribution is -2.34. The van der Waals surface area contributed by atoms with E-state index in [4.69, 9.17) is 60.9 Å². The highest BCUT2D eigenvalue weighted by Crippen LogP contribution is 2.38. The van der Waals surface area contributed by atoms with E-state index in [-0.39, 0.29) is 45.8 Å². The third kappa shape index (κ3) is 6.02. The fourth-order valence-electron chi connectivity index (χ4n) is 3.55. The molecule has 11 heteroatoms. The van der Waals surface area contributed by atoms with Gasteiger partial charge in [0.05, 0.1) is 23.0 Å². The average Bonchev–Trinajstić information content (AvgIpc) is 3.28. The number of benzene rings is 3. The number of hydroxylamine groups is 2. The Hall–Kier alpha value is -3.23. The lowest BCUT2D eigenvalue weighted by atomic mass is 10.00. The van der Waals surface area contributed by atoms with E-state index in [9.17, 15) is 9.59 Å². The summed E-state index contributed by atoms with van der Waals surface area (Å²) in [4.78, 5) is 30.8. The molecule has 0 aliphatic carbocycles. The number of carbonyl (C=O) groups excluding carboxylic acids is 1. The highest BCUT2D eigenvalue weighted by atomic mass is 35.5. The van der Waals surface area contributed by atoms with E-state index in [1.54, 1.807) is 55.5 Å². The highest BCUT2D eigenvalue weighted by molar-refractivity contribution is 6.35. The molecule has 0 radical (unpaired) electrons. The third-order valence-corrected chi connectivity index (χ3v) is 6.37. The van der Waals surface area contributed by atoms with Gasteiger partial charge in [-0.05, 0) is 61.0 Å². The van der Waals surface area contributed by atoms with Crippen molar-refractivity contribution in [2.75, 3.05) is 6.54 Å². The maximum atomic E-state index is 13.9. The van der Waals surface area contributed by atoms with Crippen molar-refractivity contribution in [1.29, 1.82) is 0 Å². The quantitative estimate of drug-likeness (QED) is 0.215. The van der Waals surface area contributed by atoms with E-state index in [0.29, 0.717) is 26.7 Å². The summed E-state index contributed by atoms with van der Waals surface area (Å²) >= 11 is 24.8. The number of carboxylic acid groups (broad SMARTS) is 1. The molecule has 1 heterocycles. The Kier molecular flexibility index (Phi) is 8.29. The Morgan fingerprint density at radius 3 is 2.27 bits per heavy atom. The molecular weight excluding hydrogens is 562 g/mol. The lowest BCUT2D eigenvalue weighted by Gasteiger charge is -2.22. The van der Waals surface area contributed by atoms with Crippen LogP contribution in [0.3, 0.4) is 0 Å². The summed E-state index contributed by atoms with van der Waals surface area (Å²) in [6.07, 6.45) is -0.208. The number of hydrogen-bond donors (Lipinski definition) is 1. The summed E-state index contributed by atoms with van der Waals surface area (Å²) < 4.78 is 5.64. The van der Waals surface area contributed by atoms with Crippen molar-refractivity contribution in [1.82, 2.24) is 10.2 Å². The molecule has 0 saturated carbocycles. The highest BCUT2D eigenvalue weighted by Gasteiger charge is 2.31. The van der Waals surface area contributed by atoms with Crippen LogP contribution in [0.5, 0.6) is 5.75 Å². The van der Waals surface area contributed by atoms with Gasteiger partial charge in [-0.15, -0.1) is 0 Å². The molecule has 0 spiro atoms. The number of nitrogens with zero attached hydrogens (tertiary/aromatic N) is 2. The Morgan fingerprint density at radius 1 is 0.946 bits per heavy atom. The lowest BCUT2D eigenvalue weighted by molar-refractivity contribution is -0.136. The van der Waals surface area contributed by atoms with Crippen LogP contribution in [0.4, 0.5) is 0 Å². The van der Waals surface area contributed by atoms with E-state index in [2.05, 4.69) is 5.16 Å². The van der Waals surface area contributed by atoms with Gasteiger partial charge in [0, 0.05) is 21.2 Å². The number of carbonyl (C=O) groups is 2. The summed E-state index contributed by atoms with van der Waals surface area (Å²) in [6, 6.07) is 16.0. The number of aromatic nitrogens is 1. The summed E-state index contributed by atoms with van der Waals surface area (Å²) in [5, 5.41) is 15.7. The van der Waals surface area contributed by atoms with Gasteiger partial charge in [-0.3, -0.25) is 9.59 Å². The first-order chi connectivity index (χ1) is 17.7. The number of rotatable bonds is 8. The molecule has 1 amide bonds. The standard InChI is InChI=1S/C26H18Cl4N2O5/c1-2-32(37-21-10-8-17(28)13-20(21)30)26(35)23-24(18-9-3-14(11-19(18)29)12-22(33)34)31-36-25(23)15-4-6-16(27)7-5-15/h3-11,13H,2,12H2,1H3,(H,33,34). The average molecular weight is 580 g/mol. The molecule has 0 aliphatic rings. The molecule has 1 aromatic heterocycles. The van der Waals surface area contributed by atoms with Gasteiger partial charge in [-0.2, -0.15) is 5.06 Å². The SMILES string of the molecule is CCN(Oc1ccc(Cl)cc1Cl)C(=O)c1c(-c2ccc(CC(=O)O)cc2Cl)noc1-c1ccc(Cl)cc1. The van der Waals surface area contributed by atoms with Gasteiger partial charge < -0.3 is 14.5 Å². The van der Waals surface area contributed by atoms with Crippen LogP contribution >= 0.6 is 46.4 Å². The van der Waals surface area contributed by atoms with Crippen molar-refractivity contribution in [2.24, 2.45) is 0 Å². The summed E-state index contributed by atoms with van der Waals surface area (Å²) in [5.74, 6) is -1.17. The van der Waals surface area contributed by atoms with Gasteiger partial charge >= 0.3 is 5.97 Å². The second-order valence-corrected chi connectivity index (χ2v) is 9.48. The third-order valence-electron chi connectivity index (χ3n) is 5.27. The minimum absolute atomic E-state index is 0.0853.